The number of carboxylic acid groups (broad SMARTS) is 2. The molecule has 0 fully saturated rings. The van der Waals surface area contributed by atoms with Gasteiger partial charge in [0, 0.05) is 12.5 Å². The third-order valence-corrected chi connectivity index (χ3v) is 8.56. The number of carbonyl (C=O) groups is 2. The van der Waals surface area contributed by atoms with Gasteiger partial charge in [-0.2, -0.15) is 0 Å². The maximum Gasteiger partial charge on any atom is 0.328 e. The predicted octanol–water partition coefficient (Wildman–Crippen LogP) is 9.44. The molecular formula is C40H74O8. The zero-order chi connectivity index (χ0) is 36.1. The predicted molar refractivity (Wildman–Crippen MR) is 198 cm³/mol. The third-order valence-electron chi connectivity index (χ3n) is 8.56. The summed E-state index contributed by atoms with van der Waals surface area (Å²) in [5, 5.41) is 56.1. The van der Waals surface area contributed by atoms with Gasteiger partial charge in [0.25, 0.3) is 0 Å². The molecule has 0 aliphatic rings. The van der Waals surface area contributed by atoms with Crippen LogP contribution in [0, 0.1) is 0 Å². The normalized spacial score (nSPS) is 14.3. The summed E-state index contributed by atoms with van der Waals surface area (Å²) in [6, 6.07) is 0. The van der Waals surface area contributed by atoms with Crippen molar-refractivity contribution in [3.63, 3.8) is 0 Å². The maximum absolute atomic E-state index is 10.4. The molecular weight excluding hydrogens is 608 g/mol. The van der Waals surface area contributed by atoms with Crippen molar-refractivity contribution in [2.24, 2.45) is 0 Å². The van der Waals surface area contributed by atoms with Gasteiger partial charge in [0.05, 0.1) is 24.4 Å². The molecule has 0 amide bonds. The van der Waals surface area contributed by atoms with E-state index < -0.39 is 11.9 Å². The van der Waals surface area contributed by atoms with Crippen LogP contribution in [0.3, 0.4) is 0 Å². The zero-order valence-electron chi connectivity index (χ0n) is 30.7. The van der Waals surface area contributed by atoms with Crippen molar-refractivity contribution in [2.75, 3.05) is 0 Å². The van der Waals surface area contributed by atoms with Crippen LogP contribution >= 0.6 is 0 Å². The highest BCUT2D eigenvalue weighted by molar-refractivity contribution is 5.80. The molecule has 0 saturated heterocycles. The molecule has 0 aromatic carbocycles. The van der Waals surface area contributed by atoms with Gasteiger partial charge >= 0.3 is 11.9 Å². The van der Waals surface area contributed by atoms with Gasteiger partial charge in [-0.05, 0) is 70.6 Å². The summed E-state index contributed by atoms with van der Waals surface area (Å²) in [7, 11) is 0. The van der Waals surface area contributed by atoms with Crippen molar-refractivity contribution in [3.8, 4) is 0 Å². The average molecular weight is 683 g/mol. The van der Waals surface area contributed by atoms with Gasteiger partial charge in [0.15, 0.2) is 0 Å². The molecule has 4 atom stereocenters. The number of aliphatic hydroxyl groups is 4. The second kappa shape index (κ2) is 37.8. The number of hydrogen-bond acceptors (Lipinski definition) is 6. The summed E-state index contributed by atoms with van der Waals surface area (Å²) >= 11 is 0. The number of rotatable bonds is 33. The van der Waals surface area contributed by atoms with E-state index in [1.54, 1.807) is 12.2 Å². The lowest BCUT2D eigenvalue weighted by Crippen LogP contribution is -2.08. The molecule has 0 aliphatic heterocycles. The number of aliphatic carboxylic acids is 2. The fourth-order valence-corrected chi connectivity index (χ4v) is 5.42. The maximum atomic E-state index is 10.4. The third kappa shape index (κ3) is 42.0. The van der Waals surface area contributed by atoms with E-state index in [-0.39, 0.29) is 30.8 Å². The molecule has 0 rings (SSSR count). The van der Waals surface area contributed by atoms with E-state index >= 15 is 0 Å². The molecule has 0 radical (unpaired) electrons. The Hall–Kier alpha value is -2.00. The summed E-state index contributed by atoms with van der Waals surface area (Å²) in [5.41, 5.74) is 0. The largest absolute Gasteiger partial charge is 0.481 e. The highest BCUT2D eigenvalue weighted by Gasteiger charge is 2.07. The SMILES string of the molecule is CCC(O)CCCCCCC(O)CCCC=CC=CC=CC(=O)O.CCCCCCCCC(O)CCCCCC(O)CCCCC(=O)O. The minimum absolute atomic E-state index is 0.147. The number of allylic oxidation sites excluding steroid dienone is 5. The molecule has 48 heavy (non-hydrogen) atoms. The number of hydrogen-bond donors (Lipinski definition) is 6. The number of aliphatic hydroxyl groups excluding tert-OH is 4. The Kier molecular flexibility index (Phi) is 37.9. The summed E-state index contributed by atoms with van der Waals surface area (Å²) in [5.74, 6) is -1.71. The Morgan fingerprint density at radius 1 is 0.479 bits per heavy atom. The van der Waals surface area contributed by atoms with Crippen LogP contribution in [0.1, 0.15) is 181 Å². The van der Waals surface area contributed by atoms with Crippen LogP contribution in [0.4, 0.5) is 0 Å². The lowest BCUT2D eigenvalue weighted by molar-refractivity contribution is -0.137. The molecule has 0 saturated carbocycles. The number of carboxylic acids is 2. The Balaban J connectivity index is 0. The van der Waals surface area contributed by atoms with Crippen molar-refractivity contribution in [1.29, 1.82) is 0 Å². The van der Waals surface area contributed by atoms with E-state index in [2.05, 4.69) is 6.92 Å². The molecule has 0 spiro atoms. The highest BCUT2D eigenvalue weighted by atomic mass is 16.4. The zero-order valence-corrected chi connectivity index (χ0v) is 30.7. The first-order chi connectivity index (χ1) is 23.1. The Labute approximate surface area is 293 Å². The quantitative estimate of drug-likeness (QED) is 0.0227. The van der Waals surface area contributed by atoms with Crippen LogP contribution < -0.4 is 0 Å². The van der Waals surface area contributed by atoms with Crippen molar-refractivity contribution in [2.45, 2.75) is 205 Å². The fourth-order valence-electron chi connectivity index (χ4n) is 5.42. The number of unbranched alkanes of at least 4 members (excludes halogenated alkanes) is 12. The van der Waals surface area contributed by atoms with Gasteiger partial charge < -0.3 is 30.6 Å². The van der Waals surface area contributed by atoms with Gasteiger partial charge in [0.2, 0.25) is 0 Å². The van der Waals surface area contributed by atoms with E-state index in [0.717, 1.165) is 122 Å². The van der Waals surface area contributed by atoms with Gasteiger partial charge in [0.1, 0.15) is 0 Å². The molecule has 282 valence electrons. The van der Waals surface area contributed by atoms with Gasteiger partial charge in [-0.1, -0.05) is 134 Å². The van der Waals surface area contributed by atoms with Crippen LogP contribution in [0.25, 0.3) is 0 Å². The van der Waals surface area contributed by atoms with Gasteiger partial charge in [-0.3, -0.25) is 4.79 Å². The Morgan fingerprint density at radius 2 is 0.875 bits per heavy atom. The fraction of sp³-hybridized carbons (Fsp3) is 0.800. The van der Waals surface area contributed by atoms with Crippen LogP contribution in [0.2, 0.25) is 0 Å². The Morgan fingerprint density at radius 3 is 1.33 bits per heavy atom. The lowest BCUT2D eigenvalue weighted by atomic mass is 10.0. The molecule has 6 N–H and O–H groups in total. The molecule has 8 nitrogen and oxygen atoms in total. The highest BCUT2D eigenvalue weighted by Crippen LogP contribution is 2.16. The van der Waals surface area contributed by atoms with Crippen LogP contribution in [-0.4, -0.2) is 67.0 Å². The van der Waals surface area contributed by atoms with Crippen molar-refractivity contribution in [1.82, 2.24) is 0 Å². The van der Waals surface area contributed by atoms with E-state index in [9.17, 15) is 30.0 Å². The van der Waals surface area contributed by atoms with Gasteiger partial charge in [-0.25, -0.2) is 4.79 Å². The van der Waals surface area contributed by atoms with Crippen molar-refractivity contribution < 1.29 is 40.2 Å². The molecule has 4 unspecified atom stereocenters. The average Bonchev–Trinajstić information content (AvgIpc) is 3.05. The minimum Gasteiger partial charge on any atom is -0.481 e. The molecule has 0 aromatic rings. The minimum atomic E-state index is -0.948. The second-order valence-corrected chi connectivity index (χ2v) is 13.3. The van der Waals surface area contributed by atoms with E-state index in [1.165, 1.54) is 38.2 Å². The molecule has 8 heteroatoms. The smallest absolute Gasteiger partial charge is 0.328 e. The van der Waals surface area contributed by atoms with Crippen molar-refractivity contribution in [3.05, 3.63) is 36.5 Å². The first-order valence-corrected chi connectivity index (χ1v) is 19.3. The molecule has 0 bridgehead atoms. The van der Waals surface area contributed by atoms with Crippen LogP contribution in [-0.2, 0) is 9.59 Å². The summed E-state index contributed by atoms with van der Waals surface area (Å²) < 4.78 is 0. The second-order valence-electron chi connectivity index (χ2n) is 13.3. The first kappa shape index (κ1) is 48.1. The van der Waals surface area contributed by atoms with Crippen molar-refractivity contribution >= 4 is 11.9 Å². The summed E-state index contributed by atoms with van der Waals surface area (Å²) in [6.45, 7) is 4.23. The monoisotopic (exact) mass is 683 g/mol. The lowest BCUT2D eigenvalue weighted by Gasteiger charge is -2.12. The molecule has 0 heterocycles. The van der Waals surface area contributed by atoms with E-state index in [1.807, 2.05) is 19.1 Å². The molecule has 0 aromatic heterocycles. The summed E-state index contributed by atoms with van der Waals surface area (Å²) in [6.07, 6.45) is 34.4. The van der Waals surface area contributed by atoms with Crippen LogP contribution in [0.5, 0.6) is 0 Å². The Bertz CT molecular complexity index is 794. The van der Waals surface area contributed by atoms with Gasteiger partial charge in [-0.15, -0.1) is 0 Å². The first-order valence-electron chi connectivity index (χ1n) is 19.3. The molecule has 0 aliphatic carbocycles. The standard InChI is InChI=1S/C20H34O4.C20H40O4/c1-2-18(21)14-10-8-9-12-16-19(22)15-11-6-4-3-5-7-13-17-20(23)24;1-2-3-4-5-6-8-13-18(21)14-9-7-10-15-19(22)16-11-12-17-20(23)24/h3-5,7,13,17-19,21-22H,2,6,8-12,14-16H2,1H3,(H,23,24);18-19,21-22H,2-17H2,1H3,(H,23,24). The van der Waals surface area contributed by atoms with E-state index in [0.29, 0.717) is 12.8 Å². The summed E-state index contributed by atoms with van der Waals surface area (Å²) in [4.78, 5) is 20.6. The van der Waals surface area contributed by atoms with Crippen LogP contribution in [0.15, 0.2) is 36.5 Å². The van der Waals surface area contributed by atoms with E-state index in [4.69, 9.17) is 10.2 Å². The topological polar surface area (TPSA) is 156 Å².